The van der Waals surface area contributed by atoms with Crippen LogP contribution in [0.4, 0.5) is 10.5 Å². The van der Waals surface area contributed by atoms with E-state index in [0.29, 0.717) is 6.42 Å². The molecule has 0 saturated carbocycles. The van der Waals surface area contributed by atoms with Crippen LogP contribution in [-0.2, 0) is 9.59 Å². The van der Waals surface area contributed by atoms with Crippen LogP contribution in [-0.4, -0.2) is 30.4 Å². The molecule has 2 rings (SSSR count). The Morgan fingerprint density at radius 3 is 2.61 bits per heavy atom. The van der Waals surface area contributed by atoms with Crippen molar-refractivity contribution in [1.29, 1.82) is 0 Å². The highest BCUT2D eigenvalue weighted by atomic mass is 16.2. The average Bonchev–Trinajstić information content (AvgIpc) is 2.92. The zero-order chi connectivity index (χ0) is 17.0. The molecule has 0 aromatic heterocycles. The third kappa shape index (κ3) is 4.21. The Morgan fingerprint density at radius 2 is 2.00 bits per heavy atom. The molecular formula is C16H22N4O3. The lowest BCUT2D eigenvalue weighted by Gasteiger charge is -2.21. The molecule has 2 unspecified atom stereocenters. The van der Waals surface area contributed by atoms with Crippen molar-refractivity contribution in [1.82, 2.24) is 10.6 Å². The van der Waals surface area contributed by atoms with Crippen LogP contribution in [0.15, 0.2) is 24.3 Å². The Balaban J connectivity index is 2.05. The van der Waals surface area contributed by atoms with E-state index in [1.165, 1.54) is 0 Å². The molecule has 124 valence electrons. The molecule has 0 aliphatic carbocycles. The van der Waals surface area contributed by atoms with Gasteiger partial charge in [0.25, 0.3) is 0 Å². The first-order valence-electron chi connectivity index (χ1n) is 7.65. The SMILES string of the molecule is CC(NC(N)=O)C(=O)NC(C)c1cccc(N2CCCC2=O)c1. The minimum atomic E-state index is -0.741. The van der Waals surface area contributed by atoms with Gasteiger partial charge in [0.1, 0.15) is 6.04 Å². The molecule has 1 aliphatic rings. The summed E-state index contributed by atoms with van der Waals surface area (Å²) >= 11 is 0. The van der Waals surface area contributed by atoms with E-state index in [9.17, 15) is 14.4 Å². The number of carbonyl (C=O) groups excluding carboxylic acids is 3. The van der Waals surface area contributed by atoms with Gasteiger partial charge in [-0.1, -0.05) is 12.1 Å². The van der Waals surface area contributed by atoms with Gasteiger partial charge < -0.3 is 21.3 Å². The van der Waals surface area contributed by atoms with Gasteiger partial charge in [0, 0.05) is 18.7 Å². The number of amides is 4. The van der Waals surface area contributed by atoms with E-state index >= 15 is 0 Å². The quantitative estimate of drug-likeness (QED) is 0.755. The van der Waals surface area contributed by atoms with E-state index in [4.69, 9.17) is 5.73 Å². The fraction of sp³-hybridized carbons (Fsp3) is 0.438. The average molecular weight is 318 g/mol. The highest BCUT2D eigenvalue weighted by Gasteiger charge is 2.22. The van der Waals surface area contributed by atoms with Crippen LogP contribution in [0.2, 0.25) is 0 Å². The van der Waals surface area contributed by atoms with Gasteiger partial charge in [-0.15, -0.1) is 0 Å². The van der Waals surface area contributed by atoms with Crippen LogP contribution in [0.1, 0.15) is 38.3 Å². The molecule has 4 amide bonds. The lowest BCUT2D eigenvalue weighted by molar-refractivity contribution is -0.123. The number of benzene rings is 1. The van der Waals surface area contributed by atoms with Crippen LogP contribution < -0.4 is 21.3 Å². The standard InChI is InChI=1S/C16H22N4O3/c1-10(18-15(22)11(2)19-16(17)23)12-5-3-6-13(9-12)20-8-4-7-14(20)21/h3,5-6,9-11H,4,7-8H2,1-2H3,(H,18,22)(H3,17,19,23). The van der Waals surface area contributed by atoms with Crippen LogP contribution in [0.5, 0.6) is 0 Å². The van der Waals surface area contributed by atoms with Gasteiger partial charge in [-0.2, -0.15) is 0 Å². The van der Waals surface area contributed by atoms with Crippen molar-refractivity contribution < 1.29 is 14.4 Å². The molecule has 1 aliphatic heterocycles. The van der Waals surface area contributed by atoms with Crippen LogP contribution in [0.3, 0.4) is 0 Å². The summed E-state index contributed by atoms with van der Waals surface area (Å²) in [7, 11) is 0. The number of nitrogens with two attached hydrogens (primary N) is 1. The lowest BCUT2D eigenvalue weighted by atomic mass is 10.1. The maximum atomic E-state index is 12.0. The van der Waals surface area contributed by atoms with Crippen molar-refractivity contribution in [3.8, 4) is 0 Å². The number of rotatable bonds is 5. The van der Waals surface area contributed by atoms with E-state index < -0.39 is 12.1 Å². The number of nitrogens with zero attached hydrogens (tertiary/aromatic N) is 1. The number of carbonyl (C=O) groups is 3. The summed E-state index contributed by atoms with van der Waals surface area (Å²) < 4.78 is 0. The monoisotopic (exact) mass is 318 g/mol. The van der Waals surface area contributed by atoms with Gasteiger partial charge in [0.05, 0.1) is 6.04 Å². The van der Waals surface area contributed by atoms with E-state index in [2.05, 4.69) is 10.6 Å². The summed E-state index contributed by atoms with van der Waals surface area (Å²) in [5, 5.41) is 5.15. The van der Waals surface area contributed by atoms with Gasteiger partial charge in [0.2, 0.25) is 11.8 Å². The molecular weight excluding hydrogens is 296 g/mol. The molecule has 23 heavy (non-hydrogen) atoms. The Labute approximate surface area is 135 Å². The summed E-state index contributed by atoms with van der Waals surface area (Å²) in [6.07, 6.45) is 1.44. The van der Waals surface area contributed by atoms with E-state index in [1.54, 1.807) is 11.8 Å². The van der Waals surface area contributed by atoms with Crippen LogP contribution >= 0.6 is 0 Å². The lowest BCUT2D eigenvalue weighted by Crippen LogP contribution is -2.47. The highest BCUT2D eigenvalue weighted by Crippen LogP contribution is 2.24. The predicted molar refractivity (Wildman–Crippen MR) is 86.8 cm³/mol. The molecule has 1 aromatic carbocycles. The number of anilines is 1. The van der Waals surface area contributed by atoms with Gasteiger partial charge in [0.15, 0.2) is 0 Å². The largest absolute Gasteiger partial charge is 0.352 e. The van der Waals surface area contributed by atoms with Gasteiger partial charge in [-0.25, -0.2) is 4.79 Å². The Hall–Kier alpha value is -2.57. The first kappa shape index (κ1) is 16.8. The molecule has 0 spiro atoms. The molecule has 0 bridgehead atoms. The summed E-state index contributed by atoms with van der Waals surface area (Å²) in [6, 6.07) is 5.84. The number of nitrogens with one attached hydrogen (secondary N) is 2. The van der Waals surface area contributed by atoms with Crippen molar-refractivity contribution in [3.05, 3.63) is 29.8 Å². The number of urea groups is 1. The molecule has 4 N–H and O–H groups in total. The molecule has 1 aromatic rings. The second kappa shape index (κ2) is 7.13. The fourth-order valence-corrected chi connectivity index (χ4v) is 2.58. The zero-order valence-electron chi connectivity index (χ0n) is 13.3. The van der Waals surface area contributed by atoms with E-state index in [-0.39, 0.29) is 17.9 Å². The molecule has 1 heterocycles. The van der Waals surface area contributed by atoms with Crippen molar-refractivity contribution in [3.63, 3.8) is 0 Å². The van der Waals surface area contributed by atoms with Crippen molar-refractivity contribution in [2.45, 2.75) is 38.8 Å². The second-order valence-electron chi connectivity index (χ2n) is 5.70. The Morgan fingerprint density at radius 1 is 1.26 bits per heavy atom. The van der Waals surface area contributed by atoms with Crippen LogP contribution in [0.25, 0.3) is 0 Å². The predicted octanol–water partition coefficient (Wildman–Crippen LogP) is 1.05. The number of hydrogen-bond donors (Lipinski definition) is 3. The molecule has 0 radical (unpaired) electrons. The minimum Gasteiger partial charge on any atom is -0.352 e. The maximum Gasteiger partial charge on any atom is 0.312 e. The first-order chi connectivity index (χ1) is 10.9. The van der Waals surface area contributed by atoms with Gasteiger partial charge >= 0.3 is 6.03 Å². The summed E-state index contributed by atoms with van der Waals surface area (Å²) in [6.45, 7) is 4.13. The van der Waals surface area contributed by atoms with Crippen LogP contribution in [0, 0.1) is 0 Å². The summed E-state index contributed by atoms with van der Waals surface area (Å²) in [5.41, 5.74) is 6.74. The normalized spacial score (nSPS) is 16.8. The van der Waals surface area contributed by atoms with Gasteiger partial charge in [-0.3, -0.25) is 9.59 Å². The Bertz CT molecular complexity index is 617. The molecule has 2 atom stereocenters. The Kier molecular flexibility index (Phi) is 5.20. The number of hydrogen-bond acceptors (Lipinski definition) is 3. The third-order valence-corrected chi connectivity index (χ3v) is 3.87. The van der Waals surface area contributed by atoms with E-state index in [1.807, 2.05) is 31.2 Å². The fourth-order valence-electron chi connectivity index (χ4n) is 2.58. The van der Waals surface area contributed by atoms with Crippen molar-refractivity contribution in [2.24, 2.45) is 5.73 Å². The third-order valence-electron chi connectivity index (χ3n) is 3.87. The summed E-state index contributed by atoms with van der Waals surface area (Å²) in [5.74, 6) is -0.197. The molecule has 7 heteroatoms. The number of primary amides is 1. The minimum absolute atomic E-state index is 0.123. The zero-order valence-corrected chi connectivity index (χ0v) is 13.3. The topological polar surface area (TPSA) is 105 Å². The highest BCUT2D eigenvalue weighted by molar-refractivity contribution is 5.95. The second-order valence-corrected chi connectivity index (χ2v) is 5.70. The molecule has 1 saturated heterocycles. The van der Waals surface area contributed by atoms with Crippen molar-refractivity contribution >= 4 is 23.5 Å². The first-order valence-corrected chi connectivity index (χ1v) is 7.65. The molecule has 1 fully saturated rings. The summed E-state index contributed by atoms with van der Waals surface area (Å²) in [4.78, 5) is 36.4. The smallest absolute Gasteiger partial charge is 0.312 e. The molecule has 7 nitrogen and oxygen atoms in total. The van der Waals surface area contributed by atoms with E-state index in [0.717, 1.165) is 24.2 Å². The van der Waals surface area contributed by atoms with Gasteiger partial charge in [-0.05, 0) is 38.0 Å². The maximum absolute atomic E-state index is 12.0. The van der Waals surface area contributed by atoms with Crippen molar-refractivity contribution in [2.75, 3.05) is 11.4 Å².